The fourth-order valence-corrected chi connectivity index (χ4v) is 2.25. The minimum Gasteiger partial charge on any atom is -0.480 e. The first-order valence-electron chi connectivity index (χ1n) is 5.53. The molecule has 104 valence electrons. The zero-order chi connectivity index (χ0) is 13.8. The molecule has 0 spiro atoms. The third kappa shape index (κ3) is 4.49. The lowest BCUT2D eigenvalue weighted by atomic mass is 10.2. The largest absolute Gasteiger partial charge is 0.480 e. The average Bonchev–Trinajstić information content (AvgIpc) is 2.71. The molecule has 0 aliphatic carbocycles. The van der Waals surface area contributed by atoms with E-state index in [2.05, 4.69) is 10.0 Å². The van der Waals surface area contributed by atoms with Crippen LogP contribution in [0.3, 0.4) is 0 Å². The Hall–Kier alpha value is -1.35. The number of hydrogen-bond acceptors (Lipinski definition) is 4. The molecule has 1 rings (SSSR count). The molecule has 0 bridgehead atoms. The highest BCUT2D eigenvalue weighted by Gasteiger charge is 2.33. The Morgan fingerprint density at radius 3 is 2.61 bits per heavy atom. The van der Waals surface area contributed by atoms with Crippen LogP contribution in [0.5, 0.6) is 0 Å². The van der Waals surface area contributed by atoms with E-state index in [4.69, 9.17) is 5.11 Å². The molecule has 2 amide bonds. The van der Waals surface area contributed by atoms with Crippen LogP contribution in [0.15, 0.2) is 0 Å². The summed E-state index contributed by atoms with van der Waals surface area (Å²) in [6.45, 7) is 0.604. The van der Waals surface area contributed by atoms with Crippen molar-refractivity contribution < 1.29 is 23.1 Å². The second-order valence-electron chi connectivity index (χ2n) is 4.09. The van der Waals surface area contributed by atoms with E-state index in [1.165, 1.54) is 4.90 Å². The van der Waals surface area contributed by atoms with Crippen molar-refractivity contribution in [1.82, 2.24) is 14.9 Å². The van der Waals surface area contributed by atoms with E-state index in [0.717, 1.165) is 6.26 Å². The molecule has 1 saturated heterocycles. The number of rotatable bonds is 5. The van der Waals surface area contributed by atoms with Gasteiger partial charge in [-0.15, -0.1) is 0 Å². The van der Waals surface area contributed by atoms with E-state index in [9.17, 15) is 18.0 Å². The number of nitrogens with one attached hydrogen (secondary N) is 2. The van der Waals surface area contributed by atoms with Crippen molar-refractivity contribution in [2.24, 2.45) is 0 Å². The molecule has 1 fully saturated rings. The fourth-order valence-electron chi connectivity index (χ4n) is 1.77. The van der Waals surface area contributed by atoms with E-state index in [1.54, 1.807) is 0 Å². The van der Waals surface area contributed by atoms with Crippen molar-refractivity contribution >= 4 is 22.0 Å². The van der Waals surface area contributed by atoms with Gasteiger partial charge in [-0.05, 0) is 12.8 Å². The van der Waals surface area contributed by atoms with Crippen LogP contribution in [-0.4, -0.2) is 62.4 Å². The highest BCUT2D eigenvalue weighted by molar-refractivity contribution is 7.88. The molecule has 0 unspecified atom stereocenters. The number of sulfonamides is 1. The number of nitrogens with zero attached hydrogens (tertiary/aromatic N) is 1. The maximum Gasteiger partial charge on any atom is 0.326 e. The summed E-state index contributed by atoms with van der Waals surface area (Å²) in [5.41, 5.74) is 0. The van der Waals surface area contributed by atoms with Crippen LogP contribution in [0.4, 0.5) is 4.79 Å². The lowest BCUT2D eigenvalue weighted by Gasteiger charge is -2.21. The summed E-state index contributed by atoms with van der Waals surface area (Å²) in [7, 11) is -3.27. The number of likely N-dealkylation sites (tertiary alicyclic amines) is 1. The molecule has 3 N–H and O–H groups in total. The van der Waals surface area contributed by atoms with Crippen LogP contribution in [0.1, 0.15) is 12.8 Å². The van der Waals surface area contributed by atoms with Crippen LogP contribution in [0.2, 0.25) is 0 Å². The number of urea groups is 1. The summed E-state index contributed by atoms with van der Waals surface area (Å²) in [5.74, 6) is -1.02. The van der Waals surface area contributed by atoms with Crippen LogP contribution in [0.25, 0.3) is 0 Å². The standard InChI is InChI=1S/C9H17N3O5S/c1-18(16,17)11-5-4-10-9(15)12-6-2-3-7(12)8(13)14/h7,11H,2-6H2,1H3,(H,10,15)(H,13,14)/t7-/m1/s1. The van der Waals surface area contributed by atoms with E-state index in [0.29, 0.717) is 19.4 Å². The number of carbonyl (C=O) groups excluding carboxylic acids is 1. The van der Waals surface area contributed by atoms with Gasteiger partial charge in [-0.1, -0.05) is 0 Å². The number of carboxylic acids is 1. The summed E-state index contributed by atoms with van der Waals surface area (Å²) in [5, 5.41) is 11.4. The van der Waals surface area contributed by atoms with E-state index in [-0.39, 0.29) is 13.1 Å². The zero-order valence-electron chi connectivity index (χ0n) is 10.0. The van der Waals surface area contributed by atoms with Gasteiger partial charge < -0.3 is 15.3 Å². The molecule has 1 aliphatic heterocycles. The molecule has 0 aromatic carbocycles. The van der Waals surface area contributed by atoms with Gasteiger partial charge in [0.1, 0.15) is 6.04 Å². The number of carbonyl (C=O) groups is 2. The Bertz CT molecular complexity index is 422. The predicted octanol–water partition coefficient (Wildman–Crippen LogP) is -1.21. The Morgan fingerprint density at radius 2 is 2.06 bits per heavy atom. The van der Waals surface area contributed by atoms with Gasteiger partial charge in [0.05, 0.1) is 6.26 Å². The number of amides is 2. The molecule has 8 nitrogen and oxygen atoms in total. The first-order valence-corrected chi connectivity index (χ1v) is 7.42. The first-order chi connectivity index (χ1) is 8.31. The zero-order valence-corrected chi connectivity index (χ0v) is 10.9. The summed E-state index contributed by atoms with van der Waals surface area (Å²) < 4.78 is 23.7. The molecule has 1 aliphatic rings. The molecule has 9 heteroatoms. The van der Waals surface area contributed by atoms with Crippen molar-refractivity contribution in [1.29, 1.82) is 0 Å². The molecular formula is C9H17N3O5S. The summed E-state index contributed by atoms with van der Waals surface area (Å²) in [4.78, 5) is 23.8. The third-order valence-electron chi connectivity index (χ3n) is 2.56. The van der Waals surface area contributed by atoms with E-state index in [1.807, 2.05) is 0 Å². The van der Waals surface area contributed by atoms with Crippen molar-refractivity contribution in [2.45, 2.75) is 18.9 Å². The molecule has 0 radical (unpaired) electrons. The first kappa shape index (κ1) is 14.7. The van der Waals surface area contributed by atoms with Crippen LogP contribution < -0.4 is 10.0 Å². The summed E-state index contributed by atoms with van der Waals surface area (Å²) >= 11 is 0. The van der Waals surface area contributed by atoms with Gasteiger partial charge >= 0.3 is 12.0 Å². The van der Waals surface area contributed by atoms with Gasteiger partial charge in [0.2, 0.25) is 10.0 Å². The van der Waals surface area contributed by atoms with Crippen LogP contribution in [-0.2, 0) is 14.8 Å². The molecule has 18 heavy (non-hydrogen) atoms. The lowest BCUT2D eigenvalue weighted by Crippen LogP contribution is -2.47. The Morgan fingerprint density at radius 1 is 1.39 bits per heavy atom. The quantitative estimate of drug-likeness (QED) is 0.546. The van der Waals surface area contributed by atoms with Crippen LogP contribution >= 0.6 is 0 Å². The third-order valence-corrected chi connectivity index (χ3v) is 3.29. The van der Waals surface area contributed by atoms with Gasteiger partial charge in [-0.2, -0.15) is 0 Å². The predicted molar refractivity (Wildman–Crippen MR) is 63.6 cm³/mol. The minimum atomic E-state index is -3.27. The smallest absolute Gasteiger partial charge is 0.326 e. The number of aliphatic carboxylic acids is 1. The number of hydrogen-bond donors (Lipinski definition) is 3. The van der Waals surface area contributed by atoms with Crippen molar-refractivity contribution in [2.75, 3.05) is 25.9 Å². The molecule has 1 heterocycles. The topological polar surface area (TPSA) is 116 Å². The SMILES string of the molecule is CS(=O)(=O)NCCNC(=O)N1CCC[C@@H]1C(=O)O. The minimum absolute atomic E-state index is 0.0795. The maximum atomic E-state index is 11.7. The van der Waals surface area contributed by atoms with Gasteiger partial charge in [0.15, 0.2) is 0 Å². The molecular weight excluding hydrogens is 262 g/mol. The van der Waals surface area contributed by atoms with Crippen molar-refractivity contribution in [3.8, 4) is 0 Å². The fraction of sp³-hybridized carbons (Fsp3) is 0.778. The van der Waals surface area contributed by atoms with Gasteiger partial charge in [0, 0.05) is 19.6 Å². The second-order valence-corrected chi connectivity index (χ2v) is 5.92. The van der Waals surface area contributed by atoms with E-state index >= 15 is 0 Å². The molecule has 1 atom stereocenters. The molecule has 0 saturated carbocycles. The lowest BCUT2D eigenvalue weighted by molar-refractivity contribution is -0.141. The van der Waals surface area contributed by atoms with Crippen molar-refractivity contribution in [3.05, 3.63) is 0 Å². The Kier molecular flexibility index (Phi) is 4.91. The monoisotopic (exact) mass is 279 g/mol. The Labute approximate surface area is 105 Å². The van der Waals surface area contributed by atoms with Crippen LogP contribution in [0, 0.1) is 0 Å². The Balaban J connectivity index is 2.35. The highest BCUT2D eigenvalue weighted by Crippen LogP contribution is 2.16. The van der Waals surface area contributed by atoms with Gasteiger partial charge in [0.25, 0.3) is 0 Å². The molecule has 0 aromatic rings. The molecule has 0 aromatic heterocycles. The van der Waals surface area contributed by atoms with Gasteiger partial charge in [-0.25, -0.2) is 22.7 Å². The van der Waals surface area contributed by atoms with E-state index < -0.39 is 28.1 Å². The summed E-state index contributed by atoms with van der Waals surface area (Å²) in [6, 6.07) is -1.26. The summed E-state index contributed by atoms with van der Waals surface area (Å²) in [6.07, 6.45) is 2.13. The number of carboxylic acid groups (broad SMARTS) is 1. The maximum absolute atomic E-state index is 11.7. The van der Waals surface area contributed by atoms with Gasteiger partial charge in [-0.3, -0.25) is 0 Å². The van der Waals surface area contributed by atoms with Crippen molar-refractivity contribution in [3.63, 3.8) is 0 Å². The average molecular weight is 279 g/mol. The normalized spacial score (nSPS) is 19.8. The highest BCUT2D eigenvalue weighted by atomic mass is 32.2. The second kappa shape index (κ2) is 6.01.